The van der Waals surface area contributed by atoms with E-state index >= 15 is 0 Å². The molecule has 3 heterocycles. The minimum absolute atomic E-state index is 0.267. The fourth-order valence-electron chi connectivity index (χ4n) is 4.18. The van der Waals surface area contributed by atoms with E-state index < -0.39 is 23.9 Å². The van der Waals surface area contributed by atoms with Gasteiger partial charge in [-0.3, -0.25) is 9.78 Å². The standard InChI is InChI=1S/C23H19FN4O2/c1-12-14-3-2-4-17(24)19(14)20(21(12)29)28-23(30)13-5-6-18(27-11-13)15-7-9-25-22-16(15)8-10-26-22/h2-12,20-21,29H,1H3,(H,25,26)(H,28,30). The molecule has 7 heteroatoms. The molecule has 1 amide bonds. The van der Waals surface area contributed by atoms with Gasteiger partial charge >= 0.3 is 0 Å². The third kappa shape index (κ3) is 2.86. The fraction of sp³-hybridized carbons (Fsp3) is 0.174. The topological polar surface area (TPSA) is 90.9 Å². The Hall–Kier alpha value is -3.58. The molecule has 6 nitrogen and oxygen atoms in total. The highest BCUT2D eigenvalue weighted by Gasteiger charge is 2.40. The molecule has 0 spiro atoms. The Bertz CT molecular complexity index is 1250. The molecule has 1 aromatic carbocycles. The predicted octanol–water partition coefficient (Wildman–Crippen LogP) is 3.71. The molecule has 0 radical (unpaired) electrons. The van der Waals surface area contributed by atoms with Gasteiger partial charge in [-0.1, -0.05) is 19.1 Å². The molecule has 150 valence electrons. The fourth-order valence-corrected chi connectivity index (χ4v) is 4.18. The van der Waals surface area contributed by atoms with Crippen LogP contribution in [0.1, 0.15) is 40.4 Å². The number of aliphatic hydroxyl groups excluding tert-OH is 1. The van der Waals surface area contributed by atoms with Crippen molar-refractivity contribution in [2.24, 2.45) is 0 Å². The lowest BCUT2D eigenvalue weighted by atomic mass is 10.0. The van der Waals surface area contributed by atoms with Crippen molar-refractivity contribution in [1.82, 2.24) is 20.3 Å². The van der Waals surface area contributed by atoms with Crippen molar-refractivity contribution in [3.8, 4) is 11.3 Å². The van der Waals surface area contributed by atoms with Gasteiger partial charge in [0.15, 0.2) is 0 Å². The van der Waals surface area contributed by atoms with Gasteiger partial charge in [0.25, 0.3) is 5.91 Å². The first kappa shape index (κ1) is 18.4. The van der Waals surface area contributed by atoms with E-state index in [1.54, 1.807) is 30.5 Å². The number of halogens is 1. The number of pyridine rings is 2. The number of hydrogen-bond donors (Lipinski definition) is 3. The molecular formula is C23H19FN4O2. The number of carbonyl (C=O) groups excluding carboxylic acids is 1. The summed E-state index contributed by atoms with van der Waals surface area (Å²) in [5, 5.41) is 14.3. The molecule has 3 atom stereocenters. The number of fused-ring (bicyclic) bond motifs is 2. The second-order valence-corrected chi connectivity index (χ2v) is 7.50. The molecular weight excluding hydrogens is 383 g/mol. The van der Waals surface area contributed by atoms with Crippen LogP contribution in [0.15, 0.2) is 61.1 Å². The third-order valence-corrected chi connectivity index (χ3v) is 5.79. The summed E-state index contributed by atoms with van der Waals surface area (Å²) in [7, 11) is 0. The summed E-state index contributed by atoms with van der Waals surface area (Å²) in [6.07, 6.45) is 4.10. The number of rotatable bonds is 3. The Morgan fingerprint density at radius 2 is 2.03 bits per heavy atom. The zero-order valence-corrected chi connectivity index (χ0v) is 16.1. The van der Waals surface area contributed by atoms with Crippen molar-refractivity contribution < 1.29 is 14.3 Å². The average Bonchev–Trinajstić information content (AvgIpc) is 3.34. The minimum Gasteiger partial charge on any atom is -0.390 e. The van der Waals surface area contributed by atoms with E-state index in [1.165, 1.54) is 12.3 Å². The molecule has 0 bridgehead atoms. The van der Waals surface area contributed by atoms with Crippen LogP contribution in [-0.4, -0.2) is 32.1 Å². The summed E-state index contributed by atoms with van der Waals surface area (Å²) in [6, 6.07) is 11.2. The monoisotopic (exact) mass is 402 g/mol. The van der Waals surface area contributed by atoms with Gasteiger partial charge in [-0.05, 0) is 35.9 Å². The largest absolute Gasteiger partial charge is 0.390 e. The zero-order chi connectivity index (χ0) is 20.8. The van der Waals surface area contributed by atoms with Gasteiger partial charge < -0.3 is 15.4 Å². The molecule has 0 saturated heterocycles. The predicted molar refractivity (Wildman–Crippen MR) is 110 cm³/mol. The van der Waals surface area contributed by atoms with Crippen LogP contribution in [-0.2, 0) is 0 Å². The summed E-state index contributed by atoms with van der Waals surface area (Å²) in [6.45, 7) is 1.82. The van der Waals surface area contributed by atoms with E-state index in [1.807, 2.05) is 25.3 Å². The van der Waals surface area contributed by atoms with Crippen LogP contribution in [0.3, 0.4) is 0 Å². The Morgan fingerprint density at radius 3 is 2.83 bits per heavy atom. The normalized spacial score (nSPS) is 20.3. The average molecular weight is 402 g/mol. The number of amides is 1. The maximum Gasteiger partial charge on any atom is 0.253 e. The lowest BCUT2D eigenvalue weighted by Gasteiger charge is -2.20. The second-order valence-electron chi connectivity index (χ2n) is 7.50. The summed E-state index contributed by atoms with van der Waals surface area (Å²) in [5.41, 5.74) is 3.79. The SMILES string of the molecule is CC1c2cccc(F)c2C(NC(=O)c2ccc(-c3ccnc4[nH]ccc34)nc2)C1O. The minimum atomic E-state index is -0.897. The quantitative estimate of drug-likeness (QED) is 0.487. The van der Waals surface area contributed by atoms with Gasteiger partial charge in [-0.2, -0.15) is 0 Å². The second kappa shape index (κ2) is 7.03. The molecule has 4 aromatic rings. The van der Waals surface area contributed by atoms with Crippen LogP contribution < -0.4 is 5.32 Å². The van der Waals surface area contributed by atoms with Gasteiger partial charge in [0, 0.05) is 41.0 Å². The number of hydrogen-bond acceptors (Lipinski definition) is 4. The van der Waals surface area contributed by atoms with Crippen LogP contribution >= 0.6 is 0 Å². The van der Waals surface area contributed by atoms with E-state index in [-0.39, 0.29) is 5.92 Å². The number of H-pyrrole nitrogens is 1. The molecule has 1 aliphatic carbocycles. The van der Waals surface area contributed by atoms with Gasteiger partial charge in [0.2, 0.25) is 0 Å². The van der Waals surface area contributed by atoms with Gasteiger partial charge in [-0.15, -0.1) is 0 Å². The van der Waals surface area contributed by atoms with Gasteiger partial charge in [-0.25, -0.2) is 9.37 Å². The molecule has 3 aromatic heterocycles. The molecule has 3 N–H and O–H groups in total. The number of carbonyl (C=O) groups is 1. The molecule has 3 unspecified atom stereocenters. The lowest BCUT2D eigenvalue weighted by molar-refractivity contribution is 0.0822. The Labute approximate surface area is 171 Å². The van der Waals surface area contributed by atoms with Crippen molar-refractivity contribution in [3.63, 3.8) is 0 Å². The number of nitrogens with one attached hydrogen (secondary N) is 2. The number of benzene rings is 1. The zero-order valence-electron chi connectivity index (χ0n) is 16.1. The number of aromatic nitrogens is 3. The summed E-state index contributed by atoms with van der Waals surface area (Å²) in [5.74, 6) is -1.11. The van der Waals surface area contributed by atoms with E-state index in [0.29, 0.717) is 16.8 Å². The van der Waals surface area contributed by atoms with Crippen LogP contribution in [0, 0.1) is 5.82 Å². The van der Waals surface area contributed by atoms with Crippen molar-refractivity contribution in [2.75, 3.05) is 0 Å². The van der Waals surface area contributed by atoms with Crippen molar-refractivity contribution in [3.05, 3.63) is 83.6 Å². The Morgan fingerprint density at radius 1 is 1.17 bits per heavy atom. The highest BCUT2D eigenvalue weighted by Crippen LogP contribution is 2.41. The molecule has 30 heavy (non-hydrogen) atoms. The summed E-state index contributed by atoms with van der Waals surface area (Å²) >= 11 is 0. The summed E-state index contributed by atoms with van der Waals surface area (Å²) < 4.78 is 14.4. The third-order valence-electron chi connectivity index (χ3n) is 5.79. The number of nitrogens with zero attached hydrogens (tertiary/aromatic N) is 2. The van der Waals surface area contributed by atoms with Crippen LogP contribution in [0.25, 0.3) is 22.3 Å². The first-order valence-electron chi connectivity index (χ1n) is 9.70. The van der Waals surface area contributed by atoms with Crippen molar-refractivity contribution in [2.45, 2.75) is 25.0 Å². The Kier molecular flexibility index (Phi) is 4.33. The highest BCUT2D eigenvalue weighted by molar-refractivity contribution is 5.95. The first-order chi connectivity index (χ1) is 14.5. The molecule has 0 fully saturated rings. The van der Waals surface area contributed by atoms with Gasteiger partial charge in [0.05, 0.1) is 23.4 Å². The number of aromatic amines is 1. The van der Waals surface area contributed by atoms with Crippen molar-refractivity contribution in [1.29, 1.82) is 0 Å². The maximum atomic E-state index is 14.4. The van der Waals surface area contributed by atoms with Crippen molar-refractivity contribution >= 4 is 16.9 Å². The van der Waals surface area contributed by atoms with Gasteiger partial charge in [0.1, 0.15) is 11.5 Å². The molecule has 5 rings (SSSR count). The lowest BCUT2D eigenvalue weighted by Crippen LogP contribution is -2.35. The smallest absolute Gasteiger partial charge is 0.253 e. The molecule has 0 aliphatic heterocycles. The van der Waals surface area contributed by atoms with Crippen LogP contribution in [0.2, 0.25) is 0 Å². The van der Waals surface area contributed by atoms with Crippen LogP contribution in [0.5, 0.6) is 0 Å². The maximum absolute atomic E-state index is 14.4. The van der Waals surface area contributed by atoms with E-state index in [9.17, 15) is 14.3 Å². The first-order valence-corrected chi connectivity index (χ1v) is 9.70. The molecule has 1 aliphatic rings. The van der Waals surface area contributed by atoms with E-state index in [2.05, 4.69) is 20.3 Å². The van der Waals surface area contributed by atoms with Crippen LogP contribution in [0.4, 0.5) is 4.39 Å². The molecule has 0 saturated carbocycles. The number of aliphatic hydroxyl groups is 1. The van der Waals surface area contributed by atoms with E-state index in [0.717, 1.165) is 22.2 Å². The summed E-state index contributed by atoms with van der Waals surface area (Å²) in [4.78, 5) is 24.6. The van der Waals surface area contributed by atoms with E-state index in [4.69, 9.17) is 0 Å². The Balaban J connectivity index is 1.41. The highest BCUT2D eigenvalue weighted by atomic mass is 19.1.